The molecule has 6 nitrogen and oxygen atoms in total. The Morgan fingerprint density at radius 2 is 1.94 bits per heavy atom. The summed E-state index contributed by atoms with van der Waals surface area (Å²) in [6.07, 6.45) is 6.10. The molecule has 1 atom stereocenters. The third kappa shape index (κ3) is 6.69. The third-order valence-corrected chi connectivity index (χ3v) is 5.25. The minimum Gasteiger partial charge on any atom is -0.444 e. The van der Waals surface area contributed by atoms with Crippen molar-refractivity contribution in [3.05, 3.63) is 59.0 Å². The van der Waals surface area contributed by atoms with Crippen LogP contribution in [0, 0.1) is 0 Å². The summed E-state index contributed by atoms with van der Waals surface area (Å²) < 4.78 is 7.30. The zero-order chi connectivity index (χ0) is 22.4. The van der Waals surface area contributed by atoms with E-state index >= 15 is 0 Å². The Bertz CT molecular complexity index is 1010. The van der Waals surface area contributed by atoms with Gasteiger partial charge in [0, 0.05) is 12.4 Å². The van der Waals surface area contributed by atoms with Crippen LogP contribution in [0.25, 0.3) is 10.9 Å². The topological polar surface area (TPSA) is 69.0 Å². The number of hydrogen-bond donors (Lipinski definition) is 1. The molecule has 7 heteroatoms. The third-order valence-electron chi connectivity index (χ3n) is 5.06. The van der Waals surface area contributed by atoms with Crippen LogP contribution >= 0.6 is 11.6 Å². The summed E-state index contributed by atoms with van der Waals surface area (Å²) in [5.74, 6) is 0. The molecule has 2 aromatic heterocycles. The van der Waals surface area contributed by atoms with Crippen LogP contribution in [0.1, 0.15) is 63.8 Å². The number of nitrogens with one attached hydrogen (secondary N) is 1. The Kier molecular flexibility index (Phi) is 7.55. The molecule has 166 valence electrons. The molecule has 1 aromatic carbocycles. The Morgan fingerprint density at radius 1 is 1.19 bits per heavy atom. The molecule has 3 aromatic rings. The van der Waals surface area contributed by atoms with Gasteiger partial charge in [-0.05, 0) is 51.7 Å². The molecule has 1 unspecified atom stereocenters. The molecule has 0 saturated heterocycles. The van der Waals surface area contributed by atoms with Crippen LogP contribution < -0.4 is 5.32 Å². The van der Waals surface area contributed by atoms with Crippen LogP contribution in [-0.2, 0) is 18.2 Å². The van der Waals surface area contributed by atoms with Gasteiger partial charge in [-0.3, -0.25) is 4.68 Å². The van der Waals surface area contributed by atoms with Gasteiger partial charge in [0.05, 0.1) is 23.4 Å². The zero-order valence-corrected chi connectivity index (χ0v) is 19.4. The molecule has 0 saturated carbocycles. The number of unbranched alkanes of at least 4 members (excludes halogenated alkanes) is 2. The highest BCUT2D eigenvalue weighted by Gasteiger charge is 2.20. The number of alkyl carbamates (subject to hydrolysis) is 1. The summed E-state index contributed by atoms with van der Waals surface area (Å²) >= 11 is 6.18. The second-order valence-corrected chi connectivity index (χ2v) is 9.19. The monoisotopic (exact) mass is 442 g/mol. The fraction of sp³-hybridized carbons (Fsp3) is 0.458. The highest BCUT2D eigenvalue weighted by atomic mass is 35.5. The van der Waals surface area contributed by atoms with E-state index in [4.69, 9.17) is 16.3 Å². The number of ether oxygens (including phenoxy) is 1. The van der Waals surface area contributed by atoms with Crippen molar-refractivity contribution in [3.8, 4) is 0 Å². The number of amides is 1. The second-order valence-electron chi connectivity index (χ2n) is 8.81. The molecule has 3 rings (SSSR count). The molecule has 0 bridgehead atoms. The Hall–Kier alpha value is -2.60. The van der Waals surface area contributed by atoms with Gasteiger partial charge in [0.25, 0.3) is 0 Å². The molecule has 2 heterocycles. The smallest absolute Gasteiger partial charge is 0.408 e. The molecule has 0 fully saturated rings. The van der Waals surface area contributed by atoms with Crippen LogP contribution in [0.5, 0.6) is 0 Å². The number of carbonyl (C=O) groups excluding carboxylic acids is 1. The number of aromatic nitrogens is 3. The van der Waals surface area contributed by atoms with Crippen molar-refractivity contribution in [1.29, 1.82) is 0 Å². The SMILES string of the molecule is Cn1ncc2cc(Cl)nc(CCCCCC(NC(=O)OC(C)(C)C)c3ccccc3)c21. The van der Waals surface area contributed by atoms with Crippen molar-refractivity contribution in [2.75, 3.05) is 0 Å². The summed E-state index contributed by atoms with van der Waals surface area (Å²) in [7, 11) is 1.92. The van der Waals surface area contributed by atoms with Gasteiger partial charge in [0.2, 0.25) is 0 Å². The minimum absolute atomic E-state index is 0.0795. The average Bonchev–Trinajstić information content (AvgIpc) is 3.06. The van der Waals surface area contributed by atoms with Gasteiger partial charge in [-0.15, -0.1) is 0 Å². The summed E-state index contributed by atoms with van der Waals surface area (Å²) in [4.78, 5) is 16.8. The number of halogens is 1. The minimum atomic E-state index is -0.521. The van der Waals surface area contributed by atoms with E-state index in [-0.39, 0.29) is 12.1 Å². The number of hydrogen-bond acceptors (Lipinski definition) is 4. The molecule has 0 spiro atoms. The maximum absolute atomic E-state index is 12.3. The molecule has 0 radical (unpaired) electrons. The van der Waals surface area contributed by atoms with E-state index in [9.17, 15) is 4.79 Å². The van der Waals surface area contributed by atoms with Crippen molar-refractivity contribution >= 4 is 28.6 Å². The zero-order valence-electron chi connectivity index (χ0n) is 18.7. The number of nitrogens with zero attached hydrogens (tertiary/aromatic N) is 3. The van der Waals surface area contributed by atoms with Crippen LogP contribution in [0.3, 0.4) is 0 Å². The Morgan fingerprint density at radius 3 is 2.65 bits per heavy atom. The average molecular weight is 443 g/mol. The number of fused-ring (bicyclic) bond motifs is 1. The first-order valence-corrected chi connectivity index (χ1v) is 11.1. The lowest BCUT2D eigenvalue weighted by molar-refractivity contribution is 0.0500. The number of pyridine rings is 1. The lowest BCUT2D eigenvalue weighted by Gasteiger charge is -2.24. The number of carbonyl (C=O) groups is 1. The molecule has 0 aliphatic carbocycles. The predicted octanol–water partition coefficient (Wildman–Crippen LogP) is 5.99. The second kappa shape index (κ2) is 10.1. The standard InChI is InChI=1S/C24H31ClN4O2/c1-24(2,3)31-23(30)28-19(17-11-7-5-8-12-17)13-9-6-10-14-20-22-18(15-21(25)27-20)16-26-29(22)4/h5,7-8,11-12,15-16,19H,6,9-10,13-14H2,1-4H3,(H,28,30). The molecule has 0 aliphatic heterocycles. The van der Waals surface area contributed by atoms with Gasteiger partial charge in [-0.25, -0.2) is 9.78 Å². The Balaban J connectivity index is 1.56. The van der Waals surface area contributed by atoms with Crippen molar-refractivity contribution in [2.24, 2.45) is 7.05 Å². The van der Waals surface area contributed by atoms with Gasteiger partial charge in [-0.1, -0.05) is 54.8 Å². The normalized spacial score (nSPS) is 12.7. The summed E-state index contributed by atoms with van der Waals surface area (Å²) in [5, 5.41) is 8.87. The van der Waals surface area contributed by atoms with E-state index in [1.165, 1.54) is 0 Å². The molecular formula is C24H31ClN4O2. The van der Waals surface area contributed by atoms with Crippen LogP contribution in [-0.4, -0.2) is 26.5 Å². The van der Waals surface area contributed by atoms with E-state index in [0.717, 1.165) is 54.3 Å². The lowest BCUT2D eigenvalue weighted by atomic mass is 9.99. The first kappa shape index (κ1) is 23.1. The van der Waals surface area contributed by atoms with Crippen LogP contribution in [0.4, 0.5) is 4.79 Å². The Labute approximate surface area is 189 Å². The maximum atomic E-state index is 12.3. The van der Waals surface area contributed by atoms with E-state index in [0.29, 0.717) is 5.15 Å². The molecule has 0 aliphatic rings. The highest BCUT2D eigenvalue weighted by Crippen LogP contribution is 2.24. The molecule has 1 N–H and O–H groups in total. The van der Waals surface area contributed by atoms with Crippen molar-refractivity contribution in [2.45, 2.75) is 64.5 Å². The fourth-order valence-corrected chi connectivity index (χ4v) is 3.92. The van der Waals surface area contributed by atoms with E-state index in [1.807, 2.05) is 75.1 Å². The summed E-state index contributed by atoms with van der Waals surface area (Å²) in [6.45, 7) is 5.60. The van der Waals surface area contributed by atoms with E-state index in [2.05, 4.69) is 15.4 Å². The number of aryl methyl sites for hydroxylation is 2. The number of benzene rings is 1. The van der Waals surface area contributed by atoms with Crippen molar-refractivity contribution in [1.82, 2.24) is 20.1 Å². The van der Waals surface area contributed by atoms with E-state index in [1.54, 1.807) is 0 Å². The lowest BCUT2D eigenvalue weighted by Crippen LogP contribution is -2.35. The quantitative estimate of drug-likeness (QED) is 0.343. The summed E-state index contributed by atoms with van der Waals surface area (Å²) in [5.41, 5.74) is 2.58. The van der Waals surface area contributed by atoms with Crippen molar-refractivity contribution < 1.29 is 9.53 Å². The predicted molar refractivity (Wildman–Crippen MR) is 124 cm³/mol. The highest BCUT2D eigenvalue weighted by molar-refractivity contribution is 6.30. The molecule has 31 heavy (non-hydrogen) atoms. The summed E-state index contributed by atoms with van der Waals surface area (Å²) in [6, 6.07) is 11.8. The molecular weight excluding hydrogens is 412 g/mol. The first-order chi connectivity index (χ1) is 14.7. The van der Waals surface area contributed by atoms with Crippen LogP contribution in [0.2, 0.25) is 5.15 Å². The maximum Gasteiger partial charge on any atom is 0.408 e. The van der Waals surface area contributed by atoms with Gasteiger partial charge in [-0.2, -0.15) is 5.10 Å². The van der Waals surface area contributed by atoms with Gasteiger partial charge in [0.1, 0.15) is 10.8 Å². The van der Waals surface area contributed by atoms with Crippen LogP contribution in [0.15, 0.2) is 42.6 Å². The fourth-order valence-electron chi connectivity index (χ4n) is 3.71. The first-order valence-electron chi connectivity index (χ1n) is 10.7. The molecule has 1 amide bonds. The largest absolute Gasteiger partial charge is 0.444 e. The van der Waals surface area contributed by atoms with Gasteiger partial charge in [0.15, 0.2) is 0 Å². The number of rotatable bonds is 8. The van der Waals surface area contributed by atoms with E-state index < -0.39 is 5.60 Å². The van der Waals surface area contributed by atoms with Gasteiger partial charge < -0.3 is 10.1 Å². The van der Waals surface area contributed by atoms with Crippen molar-refractivity contribution in [3.63, 3.8) is 0 Å². The van der Waals surface area contributed by atoms with Gasteiger partial charge >= 0.3 is 6.09 Å².